The molecular weight excluding hydrogens is 324 g/mol. The van der Waals surface area contributed by atoms with Crippen molar-refractivity contribution in [2.45, 2.75) is 86.4 Å². The second kappa shape index (κ2) is 9.78. The Balaban J connectivity index is 0.000000463. The molecule has 0 radical (unpaired) electrons. The van der Waals surface area contributed by atoms with E-state index in [1.807, 2.05) is 48.5 Å². The lowest BCUT2D eigenvalue weighted by Crippen LogP contribution is -2.33. The Morgan fingerprint density at radius 1 is 1.20 bits per heavy atom. The van der Waals surface area contributed by atoms with Gasteiger partial charge < -0.3 is 14.2 Å². The molecule has 0 aromatic heterocycles. The fraction of sp³-hybridized carbons (Fsp3) is 0.842. The molecule has 0 spiro atoms. The van der Waals surface area contributed by atoms with Crippen LogP contribution < -0.4 is 0 Å². The number of carbonyl (C=O) groups excluding carboxylic acids is 3. The summed E-state index contributed by atoms with van der Waals surface area (Å²) < 4.78 is 14.9. The normalized spacial score (nSPS) is 18.6. The topological polar surface area (TPSA) is 78.9 Å². The predicted octanol–water partition coefficient (Wildman–Crippen LogP) is 3.66. The van der Waals surface area contributed by atoms with Crippen LogP contribution in [0.1, 0.15) is 74.7 Å². The van der Waals surface area contributed by atoms with Crippen molar-refractivity contribution in [1.82, 2.24) is 0 Å². The Kier molecular flexibility index (Phi) is 9.16. The molecule has 1 saturated heterocycles. The van der Waals surface area contributed by atoms with Gasteiger partial charge in [0.05, 0.1) is 17.9 Å². The van der Waals surface area contributed by atoms with Crippen molar-refractivity contribution in [3.05, 3.63) is 0 Å². The number of ether oxygens (including phenoxy) is 3. The molecule has 0 amide bonds. The van der Waals surface area contributed by atoms with Crippen molar-refractivity contribution >= 4 is 17.9 Å². The van der Waals surface area contributed by atoms with E-state index in [2.05, 4.69) is 4.74 Å². The van der Waals surface area contributed by atoms with E-state index in [-0.39, 0.29) is 28.9 Å². The first-order valence-electron chi connectivity index (χ1n) is 8.94. The van der Waals surface area contributed by atoms with Crippen molar-refractivity contribution in [2.75, 3.05) is 6.61 Å². The van der Waals surface area contributed by atoms with Gasteiger partial charge in [0.2, 0.25) is 6.10 Å². The van der Waals surface area contributed by atoms with E-state index >= 15 is 0 Å². The van der Waals surface area contributed by atoms with Crippen LogP contribution in [-0.4, -0.2) is 36.2 Å². The van der Waals surface area contributed by atoms with E-state index in [0.717, 1.165) is 12.8 Å². The summed E-state index contributed by atoms with van der Waals surface area (Å²) in [6.45, 7) is 15.5. The van der Waals surface area contributed by atoms with Gasteiger partial charge in [0.15, 0.2) is 0 Å². The number of rotatable bonds is 5. The first-order valence-corrected chi connectivity index (χ1v) is 8.94. The first kappa shape index (κ1) is 23.4. The minimum absolute atomic E-state index is 0.113. The summed E-state index contributed by atoms with van der Waals surface area (Å²) in [5.41, 5.74) is -0.725. The molecular formula is C19H34O6. The smallest absolute Gasteiger partial charge is 0.347 e. The fourth-order valence-corrected chi connectivity index (χ4v) is 1.57. The zero-order chi connectivity index (χ0) is 19.8. The zero-order valence-corrected chi connectivity index (χ0v) is 16.9. The molecule has 0 N–H and O–H groups in total. The van der Waals surface area contributed by atoms with Crippen molar-refractivity contribution in [1.29, 1.82) is 0 Å². The lowest BCUT2D eigenvalue weighted by atomic mass is 9.90. The highest BCUT2D eigenvalue weighted by Crippen LogP contribution is 2.24. The molecule has 1 aliphatic heterocycles. The second-order valence-corrected chi connectivity index (χ2v) is 7.93. The highest BCUT2D eigenvalue weighted by molar-refractivity contribution is 5.81. The standard InChI is InChI=1S/C10H20O2.C9H14O4/c1-7-10(5,6)8(11)12-9(2,3)4;1-3-6(2)8(10)13-7-4-5-12-9(7)11/h7H2,1-6H3;6-7H,3-5H2,1-2H3. The van der Waals surface area contributed by atoms with Crippen LogP contribution >= 0.6 is 0 Å². The van der Waals surface area contributed by atoms with Crippen LogP contribution in [0.2, 0.25) is 0 Å². The molecule has 6 heteroatoms. The minimum atomic E-state index is -0.665. The maximum absolute atomic E-state index is 11.5. The monoisotopic (exact) mass is 358 g/mol. The lowest BCUT2D eigenvalue weighted by Gasteiger charge is -2.27. The van der Waals surface area contributed by atoms with Gasteiger partial charge >= 0.3 is 17.9 Å². The molecule has 1 aliphatic rings. The van der Waals surface area contributed by atoms with Crippen LogP contribution in [-0.2, 0) is 28.6 Å². The Labute approximate surface area is 151 Å². The SMILES string of the molecule is CCC(C)(C)C(=O)OC(C)(C)C.CCC(C)C(=O)OC1CCOC1=O. The first-order chi connectivity index (χ1) is 11.3. The van der Waals surface area contributed by atoms with Crippen LogP contribution in [0.3, 0.4) is 0 Å². The van der Waals surface area contributed by atoms with Gasteiger partial charge in [-0.15, -0.1) is 0 Å². The molecule has 0 aliphatic carbocycles. The van der Waals surface area contributed by atoms with Crippen LogP contribution in [0.25, 0.3) is 0 Å². The molecule has 0 saturated carbocycles. The van der Waals surface area contributed by atoms with E-state index < -0.39 is 12.1 Å². The van der Waals surface area contributed by atoms with Crippen LogP contribution in [0.4, 0.5) is 0 Å². The third-order valence-corrected chi connectivity index (χ3v) is 4.00. The Morgan fingerprint density at radius 2 is 1.76 bits per heavy atom. The van der Waals surface area contributed by atoms with Gasteiger partial charge in [-0.3, -0.25) is 9.59 Å². The summed E-state index contributed by atoms with van der Waals surface area (Å²) in [5.74, 6) is -0.992. The third-order valence-electron chi connectivity index (χ3n) is 4.00. The molecule has 146 valence electrons. The third kappa shape index (κ3) is 8.89. The average Bonchev–Trinajstić information content (AvgIpc) is 2.90. The van der Waals surface area contributed by atoms with E-state index in [1.165, 1.54) is 0 Å². The van der Waals surface area contributed by atoms with E-state index in [4.69, 9.17) is 9.47 Å². The number of hydrogen-bond donors (Lipinski definition) is 0. The zero-order valence-electron chi connectivity index (χ0n) is 16.9. The Bertz CT molecular complexity index is 461. The molecule has 0 aromatic carbocycles. The number of cyclic esters (lactones) is 1. The fourth-order valence-electron chi connectivity index (χ4n) is 1.57. The van der Waals surface area contributed by atoms with Gasteiger partial charge in [-0.25, -0.2) is 4.79 Å². The average molecular weight is 358 g/mol. The quantitative estimate of drug-likeness (QED) is 0.551. The summed E-state index contributed by atoms with van der Waals surface area (Å²) >= 11 is 0. The number of hydrogen-bond acceptors (Lipinski definition) is 6. The van der Waals surface area contributed by atoms with E-state index in [0.29, 0.717) is 13.0 Å². The van der Waals surface area contributed by atoms with Crippen molar-refractivity contribution in [3.63, 3.8) is 0 Å². The van der Waals surface area contributed by atoms with Gasteiger partial charge in [-0.2, -0.15) is 0 Å². The Morgan fingerprint density at radius 3 is 2.12 bits per heavy atom. The summed E-state index contributed by atoms with van der Waals surface area (Å²) in [7, 11) is 0. The maximum atomic E-state index is 11.5. The van der Waals surface area contributed by atoms with Crippen LogP contribution in [0.15, 0.2) is 0 Å². The van der Waals surface area contributed by atoms with Gasteiger partial charge in [0.25, 0.3) is 0 Å². The highest BCUT2D eigenvalue weighted by atomic mass is 16.6. The predicted molar refractivity (Wildman–Crippen MR) is 94.8 cm³/mol. The summed E-state index contributed by atoms with van der Waals surface area (Å²) in [4.78, 5) is 33.7. The van der Waals surface area contributed by atoms with Gasteiger partial charge in [0, 0.05) is 6.42 Å². The van der Waals surface area contributed by atoms with E-state index in [1.54, 1.807) is 6.92 Å². The maximum Gasteiger partial charge on any atom is 0.347 e. The minimum Gasteiger partial charge on any atom is -0.463 e. The van der Waals surface area contributed by atoms with Gasteiger partial charge in [-0.1, -0.05) is 20.8 Å². The number of carbonyl (C=O) groups is 3. The van der Waals surface area contributed by atoms with Crippen molar-refractivity contribution < 1.29 is 28.6 Å². The van der Waals surface area contributed by atoms with Gasteiger partial charge in [-0.05, 0) is 47.5 Å². The summed E-state index contributed by atoms with van der Waals surface area (Å²) in [6.07, 6.45) is 1.35. The summed E-state index contributed by atoms with van der Waals surface area (Å²) in [5, 5.41) is 0. The molecule has 1 fully saturated rings. The number of esters is 3. The molecule has 2 atom stereocenters. The molecule has 1 heterocycles. The van der Waals surface area contributed by atoms with E-state index in [9.17, 15) is 14.4 Å². The molecule has 6 nitrogen and oxygen atoms in total. The molecule has 1 rings (SSSR count). The van der Waals surface area contributed by atoms with Crippen molar-refractivity contribution in [3.8, 4) is 0 Å². The van der Waals surface area contributed by atoms with Gasteiger partial charge in [0.1, 0.15) is 5.60 Å². The highest BCUT2D eigenvalue weighted by Gasteiger charge is 2.31. The van der Waals surface area contributed by atoms with Crippen molar-refractivity contribution in [2.24, 2.45) is 11.3 Å². The Hall–Kier alpha value is -1.59. The lowest BCUT2D eigenvalue weighted by molar-refractivity contribution is -0.165. The van der Waals surface area contributed by atoms with Crippen LogP contribution in [0.5, 0.6) is 0 Å². The van der Waals surface area contributed by atoms with Crippen LogP contribution in [0, 0.1) is 11.3 Å². The molecule has 2 unspecified atom stereocenters. The second-order valence-electron chi connectivity index (χ2n) is 7.93. The molecule has 0 bridgehead atoms. The molecule has 0 aromatic rings. The summed E-state index contributed by atoms with van der Waals surface area (Å²) in [6, 6.07) is 0. The largest absolute Gasteiger partial charge is 0.463 e. The molecule has 25 heavy (non-hydrogen) atoms.